The van der Waals surface area contributed by atoms with Gasteiger partial charge in [0.15, 0.2) is 0 Å². The van der Waals surface area contributed by atoms with Crippen LogP contribution in [0.15, 0.2) is 48.8 Å². The van der Waals surface area contributed by atoms with Gasteiger partial charge in [-0.1, -0.05) is 6.07 Å². The summed E-state index contributed by atoms with van der Waals surface area (Å²) in [6.45, 7) is 0.0340. The van der Waals surface area contributed by atoms with Crippen LogP contribution < -0.4 is 10.2 Å². The Hall–Kier alpha value is -2.90. The van der Waals surface area contributed by atoms with Gasteiger partial charge in [-0.25, -0.2) is 0 Å². The van der Waals surface area contributed by atoms with Gasteiger partial charge in [-0.3, -0.25) is 14.6 Å². The Labute approximate surface area is 141 Å². The minimum absolute atomic E-state index is 0.0340. The molecule has 0 radical (unpaired) electrons. The lowest BCUT2D eigenvalue weighted by atomic mass is 10.1. The minimum atomic E-state index is -4.49. The Morgan fingerprint density at radius 1 is 1.24 bits per heavy atom. The lowest BCUT2D eigenvalue weighted by Gasteiger charge is -2.18. The number of hydrogen-bond donors (Lipinski definition) is 1. The van der Waals surface area contributed by atoms with Gasteiger partial charge in [0.25, 0.3) is 0 Å². The zero-order chi connectivity index (χ0) is 18.0. The number of anilines is 2. The van der Waals surface area contributed by atoms with E-state index in [2.05, 4.69) is 10.3 Å². The molecule has 2 heterocycles. The van der Waals surface area contributed by atoms with E-state index in [0.717, 1.165) is 12.1 Å². The normalized spacial score (nSPS) is 17.6. The maximum atomic E-state index is 12.8. The van der Waals surface area contributed by atoms with Crippen molar-refractivity contribution in [3.63, 3.8) is 0 Å². The van der Waals surface area contributed by atoms with Gasteiger partial charge >= 0.3 is 6.18 Å². The number of nitrogens with zero attached hydrogens (tertiary/aromatic N) is 2. The smallest absolute Gasteiger partial charge is 0.324 e. The molecule has 1 saturated heterocycles. The first-order valence-corrected chi connectivity index (χ1v) is 7.53. The van der Waals surface area contributed by atoms with Crippen LogP contribution in [0, 0.1) is 5.92 Å². The van der Waals surface area contributed by atoms with Crippen LogP contribution >= 0.6 is 0 Å². The number of carbonyl (C=O) groups is 2. The first-order valence-electron chi connectivity index (χ1n) is 7.53. The minimum Gasteiger partial charge on any atom is -0.324 e. The second-order valence-electron chi connectivity index (χ2n) is 5.68. The number of benzene rings is 1. The van der Waals surface area contributed by atoms with Crippen molar-refractivity contribution in [2.75, 3.05) is 16.8 Å². The van der Waals surface area contributed by atoms with Crippen LogP contribution in [0.1, 0.15) is 12.0 Å². The van der Waals surface area contributed by atoms with E-state index in [1.807, 2.05) is 0 Å². The number of rotatable bonds is 3. The summed E-state index contributed by atoms with van der Waals surface area (Å²) in [5.74, 6) is -1.39. The molecule has 5 nitrogen and oxygen atoms in total. The Morgan fingerprint density at radius 3 is 2.72 bits per heavy atom. The zero-order valence-corrected chi connectivity index (χ0v) is 13.0. The van der Waals surface area contributed by atoms with E-state index in [-0.39, 0.29) is 30.5 Å². The molecule has 1 atom stereocenters. The average Bonchev–Trinajstić information content (AvgIpc) is 2.97. The highest BCUT2D eigenvalue weighted by Crippen LogP contribution is 2.33. The maximum absolute atomic E-state index is 12.8. The molecule has 0 bridgehead atoms. The average molecular weight is 349 g/mol. The van der Waals surface area contributed by atoms with E-state index >= 15 is 0 Å². The number of aromatic nitrogens is 1. The summed E-state index contributed by atoms with van der Waals surface area (Å²) < 4.78 is 38.5. The Morgan fingerprint density at radius 2 is 2.04 bits per heavy atom. The number of alkyl halides is 3. The molecule has 1 N–H and O–H groups in total. The first-order chi connectivity index (χ1) is 11.8. The van der Waals surface area contributed by atoms with E-state index in [4.69, 9.17) is 0 Å². The van der Waals surface area contributed by atoms with Crippen LogP contribution in [-0.4, -0.2) is 23.3 Å². The predicted octanol–water partition coefficient (Wildman–Crippen LogP) is 3.09. The number of nitrogens with one attached hydrogen (secondary N) is 1. The van der Waals surface area contributed by atoms with Crippen molar-refractivity contribution >= 4 is 23.2 Å². The number of pyridine rings is 1. The van der Waals surface area contributed by atoms with Gasteiger partial charge in [-0.15, -0.1) is 0 Å². The molecule has 8 heteroatoms. The Kier molecular flexibility index (Phi) is 4.43. The van der Waals surface area contributed by atoms with Crippen molar-refractivity contribution in [3.8, 4) is 0 Å². The van der Waals surface area contributed by atoms with E-state index in [9.17, 15) is 22.8 Å². The molecule has 2 aromatic rings. The molecule has 2 amide bonds. The Balaban J connectivity index is 1.73. The maximum Gasteiger partial charge on any atom is 0.416 e. The summed E-state index contributed by atoms with van der Waals surface area (Å²) >= 11 is 0. The van der Waals surface area contributed by atoms with Crippen LogP contribution in [-0.2, 0) is 15.8 Å². The molecule has 1 aliphatic heterocycles. The van der Waals surface area contributed by atoms with Crippen LogP contribution in [0.4, 0.5) is 24.5 Å². The van der Waals surface area contributed by atoms with Gasteiger partial charge < -0.3 is 10.2 Å². The van der Waals surface area contributed by atoms with Crippen molar-refractivity contribution in [1.82, 2.24) is 4.98 Å². The van der Waals surface area contributed by atoms with Crippen molar-refractivity contribution < 1.29 is 22.8 Å². The molecule has 25 heavy (non-hydrogen) atoms. The molecule has 1 unspecified atom stereocenters. The number of halogens is 3. The second-order valence-corrected chi connectivity index (χ2v) is 5.68. The first kappa shape index (κ1) is 16.9. The van der Waals surface area contributed by atoms with E-state index in [1.54, 1.807) is 18.3 Å². The highest BCUT2D eigenvalue weighted by Gasteiger charge is 2.36. The lowest BCUT2D eigenvalue weighted by Crippen LogP contribution is -2.28. The Bertz CT molecular complexity index is 793. The van der Waals surface area contributed by atoms with Gasteiger partial charge in [0, 0.05) is 24.8 Å². The van der Waals surface area contributed by atoms with Gasteiger partial charge in [0.05, 0.1) is 23.4 Å². The summed E-state index contributed by atoms with van der Waals surface area (Å²) in [5.41, 5.74) is -0.199. The van der Waals surface area contributed by atoms with E-state index < -0.39 is 17.7 Å². The zero-order valence-electron chi connectivity index (χ0n) is 13.0. The summed E-state index contributed by atoms with van der Waals surface area (Å²) in [4.78, 5) is 29.5. The van der Waals surface area contributed by atoms with Crippen LogP contribution in [0.3, 0.4) is 0 Å². The second kappa shape index (κ2) is 6.54. The van der Waals surface area contributed by atoms with E-state index in [0.29, 0.717) is 5.69 Å². The molecule has 3 rings (SSSR count). The molecule has 0 saturated carbocycles. The molecule has 130 valence electrons. The molecule has 0 spiro atoms. The molecular weight excluding hydrogens is 335 g/mol. The summed E-state index contributed by atoms with van der Waals surface area (Å²) in [6.07, 6.45) is -1.51. The molecule has 1 aliphatic rings. The summed E-state index contributed by atoms with van der Waals surface area (Å²) in [6, 6.07) is 7.84. The molecule has 1 aromatic heterocycles. The number of hydrogen-bond acceptors (Lipinski definition) is 3. The molecule has 1 fully saturated rings. The van der Waals surface area contributed by atoms with Crippen molar-refractivity contribution in [2.24, 2.45) is 5.92 Å². The predicted molar refractivity (Wildman–Crippen MR) is 84.8 cm³/mol. The van der Waals surface area contributed by atoms with Crippen LogP contribution in [0.2, 0.25) is 0 Å². The van der Waals surface area contributed by atoms with Gasteiger partial charge in [0.1, 0.15) is 0 Å². The van der Waals surface area contributed by atoms with Crippen molar-refractivity contribution in [1.29, 1.82) is 0 Å². The number of amides is 2. The third-order valence-electron chi connectivity index (χ3n) is 3.91. The van der Waals surface area contributed by atoms with Gasteiger partial charge in [-0.2, -0.15) is 13.2 Å². The van der Waals surface area contributed by atoms with Crippen LogP contribution in [0.5, 0.6) is 0 Å². The summed E-state index contributed by atoms with van der Waals surface area (Å²) in [7, 11) is 0. The van der Waals surface area contributed by atoms with Gasteiger partial charge in [0.2, 0.25) is 11.8 Å². The quantitative estimate of drug-likeness (QED) is 0.926. The van der Waals surface area contributed by atoms with Crippen LogP contribution in [0.25, 0.3) is 0 Å². The highest BCUT2D eigenvalue weighted by atomic mass is 19.4. The largest absolute Gasteiger partial charge is 0.416 e. The summed E-state index contributed by atoms with van der Waals surface area (Å²) in [5, 5.41) is 2.65. The molecule has 1 aromatic carbocycles. The molecular formula is C17H14F3N3O2. The fourth-order valence-corrected chi connectivity index (χ4v) is 2.66. The third kappa shape index (κ3) is 3.78. The van der Waals surface area contributed by atoms with E-state index in [1.165, 1.54) is 23.2 Å². The van der Waals surface area contributed by atoms with Gasteiger partial charge in [-0.05, 0) is 30.3 Å². The molecule has 0 aliphatic carbocycles. The SMILES string of the molecule is O=C(Nc1cccnc1)C1CC(=O)N(c2cccc(C(F)(F)F)c2)C1. The monoisotopic (exact) mass is 349 g/mol. The third-order valence-corrected chi connectivity index (χ3v) is 3.91. The number of carbonyl (C=O) groups excluding carboxylic acids is 2. The topological polar surface area (TPSA) is 62.3 Å². The van der Waals surface area contributed by atoms with Crippen molar-refractivity contribution in [2.45, 2.75) is 12.6 Å². The fourth-order valence-electron chi connectivity index (χ4n) is 2.66. The van der Waals surface area contributed by atoms with Crippen molar-refractivity contribution in [3.05, 3.63) is 54.4 Å². The fraction of sp³-hybridized carbons (Fsp3) is 0.235. The lowest BCUT2D eigenvalue weighted by molar-refractivity contribution is -0.137. The standard InChI is InChI=1S/C17H14F3N3O2/c18-17(19,20)12-3-1-5-14(8-12)23-10-11(7-15(23)24)16(25)22-13-4-2-6-21-9-13/h1-6,8-9,11H,7,10H2,(H,22,25). The highest BCUT2D eigenvalue weighted by molar-refractivity contribution is 6.03.